The largest absolute Gasteiger partial charge is 0.370 e. The molecule has 1 aliphatic carbocycles. The number of carbonyl (C=O) groups excluding carboxylic acids is 2. The van der Waals surface area contributed by atoms with Gasteiger partial charge in [0.25, 0.3) is 0 Å². The highest BCUT2D eigenvalue weighted by atomic mass is 16.5. The minimum absolute atomic E-state index is 0.0298. The van der Waals surface area contributed by atoms with E-state index in [0.29, 0.717) is 25.7 Å². The van der Waals surface area contributed by atoms with E-state index >= 15 is 0 Å². The lowest BCUT2D eigenvalue weighted by Crippen LogP contribution is -2.46. The van der Waals surface area contributed by atoms with E-state index in [1.165, 1.54) is 19.3 Å². The summed E-state index contributed by atoms with van der Waals surface area (Å²) in [4.78, 5) is 29.2. The summed E-state index contributed by atoms with van der Waals surface area (Å²) in [5, 5.41) is 0. The van der Waals surface area contributed by atoms with E-state index in [0.717, 1.165) is 18.4 Å². The number of nitrogens with zero attached hydrogens (tertiary/aromatic N) is 2. The normalized spacial score (nSPS) is 22.2. The number of amides is 2. The second kappa shape index (κ2) is 9.36. The van der Waals surface area contributed by atoms with E-state index < -0.39 is 0 Å². The maximum atomic E-state index is 12.9. The molecule has 5 nitrogen and oxygen atoms in total. The quantitative estimate of drug-likeness (QED) is 0.797. The first kappa shape index (κ1) is 19.9. The van der Waals surface area contributed by atoms with Crippen molar-refractivity contribution >= 4 is 11.8 Å². The monoisotopic (exact) mass is 372 g/mol. The van der Waals surface area contributed by atoms with Crippen LogP contribution in [0.4, 0.5) is 0 Å². The molecule has 1 aliphatic heterocycles. The van der Waals surface area contributed by atoms with Crippen molar-refractivity contribution < 1.29 is 14.3 Å². The van der Waals surface area contributed by atoms with Gasteiger partial charge in [0.05, 0.1) is 19.3 Å². The Labute approximate surface area is 162 Å². The summed E-state index contributed by atoms with van der Waals surface area (Å²) in [6.07, 6.45) is 5.59. The van der Waals surface area contributed by atoms with E-state index in [9.17, 15) is 9.59 Å². The molecule has 5 heteroatoms. The fourth-order valence-corrected chi connectivity index (χ4v) is 4.12. The summed E-state index contributed by atoms with van der Waals surface area (Å²) in [6.45, 7) is 5.52. The van der Waals surface area contributed by atoms with Crippen molar-refractivity contribution in [1.82, 2.24) is 9.80 Å². The Bertz CT molecular complexity index is 626. The Hall–Kier alpha value is -1.88. The zero-order chi connectivity index (χ0) is 19.2. The SMILES string of the molecule is CC(C)C(=O)N1CC(=O)N(C2CCCCC2)C[C@@H](OCc2ccccc2)C1. The van der Waals surface area contributed by atoms with Crippen LogP contribution in [-0.2, 0) is 20.9 Å². The van der Waals surface area contributed by atoms with Crippen LogP contribution in [-0.4, -0.2) is 53.4 Å². The molecule has 1 saturated heterocycles. The van der Waals surface area contributed by atoms with Crippen molar-refractivity contribution in [2.24, 2.45) is 5.92 Å². The van der Waals surface area contributed by atoms with Gasteiger partial charge in [-0.25, -0.2) is 0 Å². The number of hydrogen-bond donors (Lipinski definition) is 0. The summed E-state index contributed by atoms with van der Waals surface area (Å²) in [7, 11) is 0. The van der Waals surface area contributed by atoms with E-state index in [-0.39, 0.29) is 30.4 Å². The summed E-state index contributed by atoms with van der Waals surface area (Å²) < 4.78 is 6.19. The minimum atomic E-state index is -0.152. The van der Waals surface area contributed by atoms with Crippen molar-refractivity contribution in [3.8, 4) is 0 Å². The van der Waals surface area contributed by atoms with Gasteiger partial charge in [0, 0.05) is 25.0 Å². The van der Waals surface area contributed by atoms with Gasteiger partial charge in [-0.3, -0.25) is 9.59 Å². The fraction of sp³-hybridized carbons (Fsp3) is 0.636. The molecule has 0 radical (unpaired) electrons. The maximum Gasteiger partial charge on any atom is 0.242 e. The van der Waals surface area contributed by atoms with Gasteiger partial charge in [-0.2, -0.15) is 0 Å². The fourth-order valence-electron chi connectivity index (χ4n) is 4.12. The van der Waals surface area contributed by atoms with Crippen molar-refractivity contribution in [2.45, 2.75) is 64.7 Å². The maximum absolute atomic E-state index is 12.9. The van der Waals surface area contributed by atoms with Crippen LogP contribution in [0.5, 0.6) is 0 Å². The van der Waals surface area contributed by atoms with Crippen LogP contribution in [0.2, 0.25) is 0 Å². The molecular weight excluding hydrogens is 340 g/mol. The Balaban J connectivity index is 1.73. The van der Waals surface area contributed by atoms with Crippen LogP contribution < -0.4 is 0 Å². The van der Waals surface area contributed by atoms with Gasteiger partial charge < -0.3 is 14.5 Å². The molecule has 0 N–H and O–H groups in total. The highest BCUT2D eigenvalue weighted by molar-refractivity contribution is 5.86. The number of hydrogen-bond acceptors (Lipinski definition) is 3. The lowest BCUT2D eigenvalue weighted by Gasteiger charge is -2.34. The molecule has 148 valence electrons. The Morgan fingerprint density at radius 1 is 1.11 bits per heavy atom. The number of rotatable bonds is 5. The molecule has 27 heavy (non-hydrogen) atoms. The highest BCUT2D eigenvalue weighted by Gasteiger charge is 2.35. The molecule has 2 fully saturated rings. The van der Waals surface area contributed by atoms with Crippen molar-refractivity contribution in [3.63, 3.8) is 0 Å². The summed E-state index contributed by atoms with van der Waals surface area (Å²) in [6, 6.07) is 10.4. The second-order valence-electron chi connectivity index (χ2n) is 8.13. The average molecular weight is 373 g/mol. The molecule has 1 atom stereocenters. The molecule has 1 saturated carbocycles. The third kappa shape index (κ3) is 5.32. The van der Waals surface area contributed by atoms with Crippen molar-refractivity contribution in [2.75, 3.05) is 19.6 Å². The highest BCUT2D eigenvalue weighted by Crippen LogP contribution is 2.25. The van der Waals surface area contributed by atoms with Crippen molar-refractivity contribution in [3.05, 3.63) is 35.9 Å². The molecule has 3 rings (SSSR count). The zero-order valence-corrected chi connectivity index (χ0v) is 16.6. The second-order valence-corrected chi connectivity index (χ2v) is 8.13. The molecule has 1 aromatic rings. The molecular formula is C22H32N2O3. The summed E-state index contributed by atoms with van der Waals surface area (Å²) in [5.41, 5.74) is 1.11. The number of carbonyl (C=O) groups is 2. The first-order valence-electron chi connectivity index (χ1n) is 10.3. The number of benzene rings is 1. The predicted molar refractivity (Wildman–Crippen MR) is 105 cm³/mol. The van der Waals surface area contributed by atoms with Crippen LogP contribution >= 0.6 is 0 Å². The van der Waals surface area contributed by atoms with Gasteiger partial charge in [0.1, 0.15) is 0 Å². The molecule has 0 bridgehead atoms. The Kier molecular flexibility index (Phi) is 6.89. The standard InChI is InChI=1S/C22H32N2O3/c1-17(2)22(26)23-13-20(27-16-18-9-5-3-6-10-18)14-24(21(25)15-23)19-11-7-4-8-12-19/h3,5-6,9-10,17,19-20H,4,7-8,11-16H2,1-2H3/t20-/m0/s1. The van der Waals surface area contributed by atoms with Crippen molar-refractivity contribution in [1.29, 1.82) is 0 Å². The smallest absolute Gasteiger partial charge is 0.242 e. The van der Waals surface area contributed by atoms with E-state index in [4.69, 9.17) is 4.74 Å². The molecule has 2 amide bonds. The molecule has 1 aromatic carbocycles. The number of ether oxygens (including phenoxy) is 1. The molecule has 0 spiro atoms. The third-order valence-corrected chi connectivity index (χ3v) is 5.62. The van der Waals surface area contributed by atoms with Crippen LogP contribution in [0.25, 0.3) is 0 Å². The van der Waals surface area contributed by atoms with E-state index in [2.05, 4.69) is 0 Å². The molecule has 0 unspecified atom stereocenters. The molecule has 0 aromatic heterocycles. The minimum Gasteiger partial charge on any atom is -0.370 e. The Morgan fingerprint density at radius 2 is 1.81 bits per heavy atom. The topological polar surface area (TPSA) is 49.9 Å². The molecule has 2 aliphatic rings. The van der Waals surface area contributed by atoms with E-state index in [1.807, 2.05) is 49.1 Å². The lowest BCUT2D eigenvalue weighted by molar-refractivity contribution is -0.141. The average Bonchev–Trinajstić information content (AvgIpc) is 2.86. The Morgan fingerprint density at radius 3 is 2.48 bits per heavy atom. The molecule has 1 heterocycles. The van der Waals surface area contributed by atoms with Gasteiger partial charge in [0.2, 0.25) is 11.8 Å². The van der Waals surface area contributed by atoms with Crippen LogP contribution in [0.3, 0.4) is 0 Å². The zero-order valence-electron chi connectivity index (χ0n) is 16.6. The van der Waals surface area contributed by atoms with E-state index in [1.54, 1.807) is 4.90 Å². The first-order valence-corrected chi connectivity index (χ1v) is 10.3. The van der Waals surface area contributed by atoms with Crippen LogP contribution in [0.1, 0.15) is 51.5 Å². The van der Waals surface area contributed by atoms with Gasteiger partial charge in [0.15, 0.2) is 0 Å². The van der Waals surface area contributed by atoms with Crippen LogP contribution in [0, 0.1) is 5.92 Å². The van der Waals surface area contributed by atoms with Gasteiger partial charge >= 0.3 is 0 Å². The lowest BCUT2D eigenvalue weighted by atomic mass is 9.94. The van der Waals surface area contributed by atoms with Crippen LogP contribution in [0.15, 0.2) is 30.3 Å². The van der Waals surface area contributed by atoms with Gasteiger partial charge in [-0.05, 0) is 18.4 Å². The first-order chi connectivity index (χ1) is 13.0. The predicted octanol–water partition coefficient (Wildman–Crippen LogP) is 3.23. The summed E-state index contributed by atoms with van der Waals surface area (Å²) in [5.74, 6) is -0.0160. The van der Waals surface area contributed by atoms with Gasteiger partial charge in [-0.1, -0.05) is 63.4 Å². The third-order valence-electron chi connectivity index (χ3n) is 5.62. The van der Waals surface area contributed by atoms with Gasteiger partial charge in [-0.15, -0.1) is 0 Å². The summed E-state index contributed by atoms with van der Waals surface area (Å²) >= 11 is 0.